The Bertz CT molecular complexity index is 943. The number of morpholine rings is 1. The molecule has 8 nitrogen and oxygen atoms in total. The summed E-state index contributed by atoms with van der Waals surface area (Å²) in [5.74, 6) is 3.09. The van der Waals surface area contributed by atoms with E-state index in [4.69, 9.17) is 14.5 Å². The minimum absolute atomic E-state index is 0.128. The molecular weight excluding hydrogens is 418 g/mol. The lowest BCUT2D eigenvalue weighted by molar-refractivity contribution is -0.134. The Labute approximate surface area is 195 Å². The molecule has 0 N–H and O–H groups in total. The lowest BCUT2D eigenvalue weighted by Crippen LogP contribution is -2.42. The summed E-state index contributed by atoms with van der Waals surface area (Å²) in [7, 11) is 0. The highest BCUT2D eigenvalue weighted by Crippen LogP contribution is 2.27. The second-order valence-corrected chi connectivity index (χ2v) is 9.20. The van der Waals surface area contributed by atoms with E-state index in [0.717, 1.165) is 82.8 Å². The molecule has 33 heavy (non-hydrogen) atoms. The monoisotopic (exact) mass is 451 g/mol. The number of nitrogens with zero attached hydrogens (tertiary/aromatic N) is 5. The Morgan fingerprint density at radius 2 is 1.88 bits per heavy atom. The van der Waals surface area contributed by atoms with Crippen molar-refractivity contribution in [3.05, 3.63) is 42.1 Å². The van der Waals surface area contributed by atoms with Crippen molar-refractivity contribution >= 4 is 17.7 Å². The van der Waals surface area contributed by atoms with Crippen LogP contribution in [0.2, 0.25) is 0 Å². The number of hydrogen-bond acceptors (Lipinski definition) is 7. The van der Waals surface area contributed by atoms with Gasteiger partial charge in [-0.15, -0.1) is 0 Å². The summed E-state index contributed by atoms with van der Waals surface area (Å²) in [6, 6.07) is 10.2. The minimum atomic E-state index is 0.128. The van der Waals surface area contributed by atoms with Crippen molar-refractivity contribution in [3.8, 4) is 5.75 Å². The molecule has 8 heteroatoms. The van der Waals surface area contributed by atoms with E-state index in [9.17, 15) is 4.79 Å². The van der Waals surface area contributed by atoms with Gasteiger partial charge in [0.2, 0.25) is 11.9 Å². The summed E-state index contributed by atoms with van der Waals surface area (Å²) in [6.07, 6.45) is 4.64. The fourth-order valence-electron chi connectivity index (χ4n) is 4.61. The van der Waals surface area contributed by atoms with Gasteiger partial charge in [-0.25, -0.2) is 4.98 Å². The zero-order valence-corrected chi connectivity index (χ0v) is 19.4. The molecule has 4 heterocycles. The lowest BCUT2D eigenvalue weighted by atomic mass is 9.96. The van der Waals surface area contributed by atoms with E-state index >= 15 is 0 Å². The van der Waals surface area contributed by atoms with Gasteiger partial charge in [-0.2, -0.15) is 4.98 Å². The topological polar surface area (TPSA) is 71.0 Å². The maximum Gasteiger partial charge on any atom is 0.227 e. The average molecular weight is 452 g/mol. The molecule has 3 saturated heterocycles. The van der Waals surface area contributed by atoms with Gasteiger partial charge in [0.1, 0.15) is 17.7 Å². The van der Waals surface area contributed by atoms with Crippen molar-refractivity contribution in [1.29, 1.82) is 0 Å². The van der Waals surface area contributed by atoms with E-state index in [0.29, 0.717) is 6.42 Å². The van der Waals surface area contributed by atoms with Crippen molar-refractivity contribution in [2.24, 2.45) is 0 Å². The fraction of sp³-hybridized carbons (Fsp3) is 0.560. The molecule has 176 valence electrons. The largest absolute Gasteiger partial charge is 0.489 e. The molecule has 1 unspecified atom stereocenters. The summed E-state index contributed by atoms with van der Waals surface area (Å²) in [6.45, 7) is 8.78. The van der Waals surface area contributed by atoms with E-state index in [2.05, 4.69) is 33.8 Å². The van der Waals surface area contributed by atoms with Crippen LogP contribution in [0.4, 0.5) is 11.8 Å². The fourth-order valence-corrected chi connectivity index (χ4v) is 4.61. The highest BCUT2D eigenvalue weighted by Gasteiger charge is 2.26. The van der Waals surface area contributed by atoms with Crippen LogP contribution < -0.4 is 14.5 Å². The molecule has 1 aromatic carbocycles. The number of anilines is 2. The van der Waals surface area contributed by atoms with Gasteiger partial charge in [0.25, 0.3) is 0 Å². The summed E-state index contributed by atoms with van der Waals surface area (Å²) < 4.78 is 11.7. The quantitative estimate of drug-likeness (QED) is 0.641. The predicted molar refractivity (Wildman–Crippen MR) is 127 cm³/mol. The van der Waals surface area contributed by atoms with Crippen molar-refractivity contribution in [2.75, 3.05) is 62.3 Å². The molecule has 0 radical (unpaired) electrons. The van der Waals surface area contributed by atoms with Crippen LogP contribution in [0.25, 0.3) is 0 Å². The number of aromatic nitrogens is 2. The molecule has 2 atom stereocenters. The molecule has 1 aromatic heterocycles. The molecule has 3 aliphatic rings. The van der Waals surface area contributed by atoms with Crippen LogP contribution in [0, 0.1) is 0 Å². The minimum Gasteiger partial charge on any atom is -0.489 e. The Morgan fingerprint density at radius 3 is 2.61 bits per heavy atom. The van der Waals surface area contributed by atoms with Crippen LogP contribution in [0.3, 0.4) is 0 Å². The number of rotatable bonds is 7. The molecule has 3 fully saturated rings. The maximum atomic E-state index is 12.2. The normalized spacial score (nSPS) is 21.6. The van der Waals surface area contributed by atoms with Crippen LogP contribution in [-0.2, 0) is 9.53 Å². The zero-order chi connectivity index (χ0) is 22.6. The molecule has 2 aromatic rings. The van der Waals surface area contributed by atoms with E-state index < -0.39 is 0 Å². The first kappa shape index (κ1) is 21.9. The molecule has 0 aliphatic carbocycles. The second-order valence-electron chi connectivity index (χ2n) is 9.20. The van der Waals surface area contributed by atoms with Crippen molar-refractivity contribution in [1.82, 2.24) is 14.9 Å². The Hall–Kier alpha value is -2.87. The van der Waals surface area contributed by atoms with Gasteiger partial charge in [0.05, 0.1) is 19.8 Å². The highest BCUT2D eigenvalue weighted by molar-refractivity contribution is 5.77. The first-order valence-corrected chi connectivity index (χ1v) is 12.1. The standard InChI is InChI=1S/C25H33N5O3/c1-19(17-24(31)28-10-2-11-28)20-3-5-21(6-4-20)33-22-8-12-30(18-22)23-7-9-26-25(27-23)29-13-15-32-16-14-29/h3-7,9,19,22H,2,8,10-18H2,1H3/t19-,22?/m1/s1. The third-order valence-electron chi connectivity index (χ3n) is 6.83. The zero-order valence-electron chi connectivity index (χ0n) is 19.4. The van der Waals surface area contributed by atoms with Gasteiger partial charge in [-0.3, -0.25) is 4.79 Å². The number of hydrogen-bond donors (Lipinski definition) is 0. The Morgan fingerprint density at radius 1 is 1.09 bits per heavy atom. The van der Waals surface area contributed by atoms with Gasteiger partial charge >= 0.3 is 0 Å². The Kier molecular flexibility index (Phi) is 6.62. The number of carbonyl (C=O) groups is 1. The number of carbonyl (C=O) groups excluding carboxylic acids is 1. The predicted octanol–water partition coefficient (Wildman–Crippen LogP) is 2.70. The van der Waals surface area contributed by atoms with Gasteiger partial charge in [0.15, 0.2) is 0 Å². The molecule has 0 spiro atoms. The molecule has 0 bridgehead atoms. The summed E-state index contributed by atoms with van der Waals surface area (Å²) in [5, 5.41) is 0. The second kappa shape index (κ2) is 9.95. The van der Waals surface area contributed by atoms with E-state index in [-0.39, 0.29) is 17.9 Å². The van der Waals surface area contributed by atoms with Gasteiger partial charge in [-0.1, -0.05) is 19.1 Å². The van der Waals surface area contributed by atoms with Crippen LogP contribution in [0.1, 0.15) is 37.7 Å². The smallest absolute Gasteiger partial charge is 0.227 e. The molecular formula is C25H33N5O3. The first-order valence-electron chi connectivity index (χ1n) is 12.1. The lowest BCUT2D eigenvalue weighted by Gasteiger charge is -2.31. The van der Waals surface area contributed by atoms with Crippen LogP contribution in [0.15, 0.2) is 36.5 Å². The van der Waals surface area contributed by atoms with Crippen molar-refractivity contribution in [2.45, 2.75) is 38.2 Å². The summed E-state index contributed by atoms with van der Waals surface area (Å²) in [5.41, 5.74) is 1.18. The number of likely N-dealkylation sites (tertiary alicyclic amines) is 1. The molecule has 1 amide bonds. The Balaban J connectivity index is 1.14. The van der Waals surface area contributed by atoms with Crippen LogP contribution >= 0.6 is 0 Å². The number of ether oxygens (including phenoxy) is 2. The van der Waals surface area contributed by atoms with Crippen molar-refractivity contribution in [3.63, 3.8) is 0 Å². The maximum absolute atomic E-state index is 12.2. The van der Waals surface area contributed by atoms with Gasteiger partial charge < -0.3 is 24.2 Å². The van der Waals surface area contributed by atoms with E-state index in [1.165, 1.54) is 5.56 Å². The first-order chi connectivity index (χ1) is 16.2. The van der Waals surface area contributed by atoms with Crippen molar-refractivity contribution < 1.29 is 14.3 Å². The SMILES string of the molecule is C[C@H](CC(=O)N1CCC1)c1ccc(OC2CCN(c3ccnc(N4CCOCC4)n3)C2)cc1. The van der Waals surface area contributed by atoms with Gasteiger partial charge in [-0.05, 0) is 36.1 Å². The van der Waals surface area contributed by atoms with Gasteiger partial charge in [0, 0.05) is 51.8 Å². The molecule has 3 aliphatic heterocycles. The summed E-state index contributed by atoms with van der Waals surface area (Å²) in [4.78, 5) is 27.9. The third-order valence-corrected chi connectivity index (χ3v) is 6.83. The number of amides is 1. The van der Waals surface area contributed by atoms with E-state index in [1.54, 1.807) is 0 Å². The highest BCUT2D eigenvalue weighted by atomic mass is 16.5. The number of benzene rings is 1. The van der Waals surface area contributed by atoms with E-state index in [1.807, 2.05) is 29.3 Å². The average Bonchev–Trinajstić information content (AvgIpc) is 3.27. The van der Waals surface area contributed by atoms with Crippen LogP contribution in [0.5, 0.6) is 5.75 Å². The van der Waals surface area contributed by atoms with Crippen LogP contribution in [-0.4, -0.2) is 79.4 Å². The summed E-state index contributed by atoms with van der Waals surface area (Å²) >= 11 is 0. The molecule has 5 rings (SSSR count). The molecule has 0 saturated carbocycles. The third kappa shape index (κ3) is 5.21.